The number of carbonyl (C=O) groups is 2. The van der Waals surface area contributed by atoms with Crippen LogP contribution in [0.25, 0.3) is 0 Å². The molecule has 3 aromatic rings. The normalized spacial score (nSPS) is 18.6. The molecule has 1 aliphatic heterocycles. The van der Waals surface area contributed by atoms with Crippen molar-refractivity contribution in [2.75, 3.05) is 11.5 Å². The van der Waals surface area contributed by atoms with Crippen LogP contribution < -0.4 is 9.64 Å². The van der Waals surface area contributed by atoms with E-state index in [-0.39, 0.29) is 36.2 Å². The largest absolute Gasteiger partial charge is 0.479 e. The molecule has 0 bridgehead atoms. The highest BCUT2D eigenvalue weighted by atomic mass is 19.4. The topological polar surface area (TPSA) is 105 Å². The second-order valence-electron chi connectivity index (χ2n) is 12.9. The third-order valence-electron chi connectivity index (χ3n) is 7.94. The Kier molecular flexibility index (Phi) is 11.3. The maximum Gasteiger partial charge on any atom is 0.416 e. The van der Waals surface area contributed by atoms with Crippen molar-refractivity contribution in [3.05, 3.63) is 83.2 Å². The quantitative estimate of drug-likeness (QED) is 0.215. The number of anilines is 1. The van der Waals surface area contributed by atoms with Crippen molar-refractivity contribution in [3.63, 3.8) is 0 Å². The summed E-state index contributed by atoms with van der Waals surface area (Å²) in [5, 5.41) is 8.94. The molecule has 1 amide bonds. The number of likely N-dealkylation sites (tertiary alicyclic amines) is 1. The number of hydrogen-bond acceptors (Lipinski definition) is 7. The second-order valence-corrected chi connectivity index (χ2v) is 12.9. The van der Waals surface area contributed by atoms with Crippen LogP contribution in [-0.4, -0.2) is 62.4 Å². The van der Waals surface area contributed by atoms with Crippen LogP contribution in [0.1, 0.15) is 69.2 Å². The molecule has 1 aliphatic rings. The van der Waals surface area contributed by atoms with E-state index in [0.29, 0.717) is 25.0 Å². The maximum atomic E-state index is 13.8. The predicted molar refractivity (Wildman–Crippen MR) is 167 cm³/mol. The van der Waals surface area contributed by atoms with Gasteiger partial charge in [-0.15, -0.1) is 0 Å². The van der Waals surface area contributed by atoms with Gasteiger partial charge in [-0.05, 0) is 75.8 Å². The lowest BCUT2D eigenvalue weighted by Gasteiger charge is -2.48. The third kappa shape index (κ3) is 10.2. The Labute approximate surface area is 279 Å². The van der Waals surface area contributed by atoms with Gasteiger partial charge in [-0.25, -0.2) is 19.6 Å². The van der Waals surface area contributed by atoms with E-state index >= 15 is 0 Å². The van der Waals surface area contributed by atoms with Gasteiger partial charge in [0.1, 0.15) is 5.60 Å². The number of ether oxygens (including phenoxy) is 2. The highest BCUT2D eigenvalue weighted by Gasteiger charge is 2.43. The first-order chi connectivity index (χ1) is 22.8. The summed E-state index contributed by atoms with van der Waals surface area (Å²) in [6.45, 7) is 6.00. The number of amides is 1. The molecule has 1 saturated heterocycles. The fourth-order valence-corrected chi connectivity index (χ4v) is 5.90. The molecule has 0 aliphatic carbocycles. The van der Waals surface area contributed by atoms with Gasteiger partial charge in [-0.3, -0.25) is 0 Å². The van der Waals surface area contributed by atoms with Crippen molar-refractivity contribution in [2.24, 2.45) is 0 Å². The fraction of sp³-hybridized carbons (Fsp3) is 0.471. The summed E-state index contributed by atoms with van der Waals surface area (Å²) in [7, 11) is 0. The van der Waals surface area contributed by atoms with Gasteiger partial charge in [0, 0.05) is 24.7 Å². The van der Waals surface area contributed by atoms with Crippen molar-refractivity contribution in [1.29, 1.82) is 0 Å². The van der Waals surface area contributed by atoms with E-state index in [1.54, 1.807) is 25.7 Å². The summed E-state index contributed by atoms with van der Waals surface area (Å²) in [6, 6.07) is 9.29. The molecule has 0 spiro atoms. The molecule has 0 saturated carbocycles. The van der Waals surface area contributed by atoms with Gasteiger partial charge in [0.05, 0.1) is 23.5 Å². The molecule has 49 heavy (non-hydrogen) atoms. The van der Waals surface area contributed by atoms with Crippen molar-refractivity contribution >= 4 is 18.0 Å². The van der Waals surface area contributed by atoms with Crippen LogP contribution in [0.5, 0.6) is 5.75 Å². The number of nitrogens with zero attached hydrogens (tertiary/aromatic N) is 4. The molecule has 1 fully saturated rings. The van der Waals surface area contributed by atoms with Crippen LogP contribution in [0.15, 0.2) is 60.9 Å². The first-order valence-electron chi connectivity index (χ1n) is 15.6. The summed E-state index contributed by atoms with van der Waals surface area (Å²) in [4.78, 5) is 36.4. The van der Waals surface area contributed by atoms with Gasteiger partial charge >= 0.3 is 24.4 Å². The van der Waals surface area contributed by atoms with E-state index in [1.165, 1.54) is 17.3 Å². The maximum absolute atomic E-state index is 13.8. The summed E-state index contributed by atoms with van der Waals surface area (Å²) in [5.41, 5.74) is -3.08. The van der Waals surface area contributed by atoms with Crippen molar-refractivity contribution in [3.8, 4) is 5.75 Å². The lowest BCUT2D eigenvalue weighted by atomic mass is 9.86. The van der Waals surface area contributed by atoms with Crippen LogP contribution in [-0.2, 0) is 34.8 Å². The Morgan fingerprint density at radius 2 is 1.47 bits per heavy atom. The van der Waals surface area contributed by atoms with Gasteiger partial charge in [0.15, 0.2) is 12.4 Å². The number of carboxylic acids is 1. The predicted octanol–water partition coefficient (Wildman–Crippen LogP) is 7.77. The highest BCUT2D eigenvalue weighted by molar-refractivity contribution is 5.69. The molecule has 9 nitrogen and oxygen atoms in total. The minimum Gasteiger partial charge on any atom is -0.479 e. The third-order valence-corrected chi connectivity index (χ3v) is 7.94. The van der Waals surface area contributed by atoms with E-state index in [1.807, 2.05) is 37.3 Å². The molecule has 266 valence electrons. The number of piperidine rings is 1. The number of aliphatic carboxylic acids is 1. The second kappa shape index (κ2) is 14.9. The first kappa shape index (κ1) is 37.3. The van der Waals surface area contributed by atoms with Crippen molar-refractivity contribution in [1.82, 2.24) is 14.9 Å². The van der Waals surface area contributed by atoms with Crippen LogP contribution >= 0.6 is 0 Å². The molecule has 3 unspecified atom stereocenters. The fourth-order valence-electron chi connectivity index (χ4n) is 5.90. The van der Waals surface area contributed by atoms with Gasteiger partial charge < -0.3 is 24.4 Å². The van der Waals surface area contributed by atoms with Gasteiger partial charge in [0.2, 0.25) is 5.95 Å². The molecule has 4 rings (SSSR count). The summed E-state index contributed by atoms with van der Waals surface area (Å²) >= 11 is 0. The lowest BCUT2D eigenvalue weighted by molar-refractivity contribution is -0.143. The Morgan fingerprint density at radius 3 is 1.98 bits per heavy atom. The van der Waals surface area contributed by atoms with Crippen LogP contribution in [0, 0.1) is 0 Å². The highest BCUT2D eigenvalue weighted by Crippen LogP contribution is 2.38. The van der Waals surface area contributed by atoms with Gasteiger partial charge in [-0.2, -0.15) is 26.3 Å². The number of rotatable bonds is 10. The molecule has 2 aromatic carbocycles. The summed E-state index contributed by atoms with van der Waals surface area (Å²) in [6.07, 6.45) is -6.89. The zero-order valence-electron chi connectivity index (χ0n) is 27.4. The Balaban J connectivity index is 1.80. The molecule has 2 heterocycles. The van der Waals surface area contributed by atoms with Crippen molar-refractivity contribution < 1.29 is 50.5 Å². The molecular formula is C34H38F6N4O5. The van der Waals surface area contributed by atoms with Gasteiger partial charge in [0.25, 0.3) is 0 Å². The standard InChI is InChI=1S/C34H38F6N4O5/c1-5-25-15-26(16-27(13-21-9-7-6-8-10-21)44(25)31(47)49-32(2,3)4)43(30-41-17-28(18-42-30)48-20-29(45)46)19-22-11-23(33(35,36)37)14-24(12-22)34(38,39)40/h6-12,14,17-18,25-27H,5,13,15-16,19-20H2,1-4H3,(H,45,46). The lowest BCUT2D eigenvalue weighted by Crippen LogP contribution is -2.58. The number of benzene rings is 2. The van der Waals surface area contributed by atoms with E-state index in [9.17, 15) is 35.9 Å². The number of halogens is 6. The number of carbonyl (C=O) groups excluding carboxylic acids is 1. The zero-order chi connectivity index (χ0) is 36.1. The minimum atomic E-state index is -5.05. The molecule has 1 aromatic heterocycles. The van der Waals surface area contributed by atoms with E-state index in [2.05, 4.69) is 9.97 Å². The van der Waals surface area contributed by atoms with E-state index in [0.717, 1.165) is 5.56 Å². The Bertz CT molecular complexity index is 1550. The molecule has 0 radical (unpaired) electrons. The van der Waals surface area contributed by atoms with E-state index in [4.69, 9.17) is 14.6 Å². The Hall–Kier alpha value is -4.56. The van der Waals surface area contributed by atoms with Crippen LogP contribution in [0.4, 0.5) is 37.1 Å². The minimum absolute atomic E-state index is 0.00217. The Morgan fingerprint density at radius 1 is 0.898 bits per heavy atom. The number of aromatic nitrogens is 2. The summed E-state index contributed by atoms with van der Waals surface area (Å²) in [5.74, 6) is -1.28. The average molecular weight is 697 g/mol. The van der Waals surface area contributed by atoms with E-state index < -0.39 is 72.4 Å². The smallest absolute Gasteiger partial charge is 0.416 e. The summed E-state index contributed by atoms with van der Waals surface area (Å²) < 4.78 is 93.7. The molecule has 15 heteroatoms. The molecule has 1 N–H and O–H groups in total. The monoisotopic (exact) mass is 696 g/mol. The van der Waals surface area contributed by atoms with Gasteiger partial charge in [-0.1, -0.05) is 37.3 Å². The van der Waals surface area contributed by atoms with Crippen molar-refractivity contribution in [2.45, 2.75) is 96.0 Å². The first-order valence-corrected chi connectivity index (χ1v) is 15.6. The SMILES string of the molecule is CCC1CC(N(Cc2cc(C(F)(F)F)cc(C(F)(F)F)c2)c2ncc(OCC(=O)O)cn2)CC(Cc2ccccc2)N1C(=O)OC(C)(C)C. The average Bonchev–Trinajstić information content (AvgIpc) is 3.01. The number of carboxylic acid groups (broad SMARTS) is 1. The molecular weight excluding hydrogens is 658 g/mol. The van der Waals surface area contributed by atoms with Crippen LogP contribution in [0.3, 0.4) is 0 Å². The number of alkyl halides is 6. The zero-order valence-corrected chi connectivity index (χ0v) is 27.4. The van der Waals surface area contributed by atoms with Crippen LogP contribution in [0.2, 0.25) is 0 Å². The molecule has 3 atom stereocenters. The number of hydrogen-bond donors (Lipinski definition) is 1.